The van der Waals surface area contributed by atoms with Gasteiger partial charge in [-0.15, -0.1) is 0 Å². The summed E-state index contributed by atoms with van der Waals surface area (Å²) in [6.07, 6.45) is 14.2. The van der Waals surface area contributed by atoms with Crippen LogP contribution in [0.15, 0.2) is 0 Å². The first kappa shape index (κ1) is 14.1. The van der Waals surface area contributed by atoms with Crippen molar-refractivity contribution >= 4 is 0 Å². The van der Waals surface area contributed by atoms with E-state index in [2.05, 4.69) is 22.6 Å². The number of H-pyrrole nitrogens is 1. The third kappa shape index (κ3) is 3.05. The van der Waals surface area contributed by atoms with Gasteiger partial charge in [0.25, 0.3) is 0 Å². The lowest BCUT2D eigenvalue weighted by Crippen LogP contribution is -2.46. The molecule has 0 spiro atoms. The van der Waals surface area contributed by atoms with Gasteiger partial charge in [-0.25, -0.2) is 4.98 Å². The van der Waals surface area contributed by atoms with Crippen LogP contribution in [-0.2, 0) is 6.42 Å². The van der Waals surface area contributed by atoms with Crippen LogP contribution >= 0.6 is 0 Å². The van der Waals surface area contributed by atoms with E-state index in [4.69, 9.17) is 4.98 Å². The van der Waals surface area contributed by atoms with Crippen LogP contribution in [-0.4, -0.2) is 27.8 Å². The highest BCUT2D eigenvalue weighted by Gasteiger charge is 2.32. The van der Waals surface area contributed by atoms with E-state index in [0.717, 1.165) is 18.1 Å². The monoisotopic (exact) mass is 276 g/mol. The molecule has 1 heterocycles. The third-order valence-electron chi connectivity index (χ3n) is 5.37. The minimum atomic E-state index is 0.252. The van der Waals surface area contributed by atoms with Crippen molar-refractivity contribution in [2.75, 3.05) is 7.05 Å². The van der Waals surface area contributed by atoms with Gasteiger partial charge in [0.2, 0.25) is 0 Å². The maximum Gasteiger partial charge on any atom is 0.153 e. The second-order valence-electron chi connectivity index (χ2n) is 6.74. The second-order valence-corrected chi connectivity index (χ2v) is 6.74. The fourth-order valence-corrected chi connectivity index (χ4v) is 4.00. The Morgan fingerprint density at radius 3 is 2.50 bits per heavy atom. The van der Waals surface area contributed by atoms with Crippen molar-refractivity contribution in [2.45, 2.75) is 82.1 Å². The second kappa shape index (κ2) is 6.25. The largest absolute Gasteiger partial charge is 0.314 e. The quantitative estimate of drug-likeness (QED) is 0.887. The van der Waals surface area contributed by atoms with Gasteiger partial charge >= 0.3 is 0 Å². The summed E-state index contributed by atoms with van der Waals surface area (Å²) < 4.78 is 0. The average molecular weight is 276 g/mol. The van der Waals surface area contributed by atoms with Crippen molar-refractivity contribution in [3.8, 4) is 0 Å². The number of hydrogen-bond donors (Lipinski definition) is 2. The molecular weight excluding hydrogens is 248 g/mol. The molecule has 1 aromatic heterocycles. The van der Waals surface area contributed by atoms with E-state index in [1.807, 2.05) is 0 Å². The van der Waals surface area contributed by atoms with E-state index < -0.39 is 0 Å². The summed E-state index contributed by atoms with van der Waals surface area (Å²) in [7, 11) is 2.10. The molecule has 4 nitrogen and oxygen atoms in total. The molecule has 0 amide bonds. The molecule has 0 aromatic carbocycles. The fourth-order valence-electron chi connectivity index (χ4n) is 4.00. The van der Waals surface area contributed by atoms with Crippen LogP contribution in [0.3, 0.4) is 0 Å². The predicted octanol–water partition coefficient (Wildman–Crippen LogP) is 3.32. The zero-order valence-electron chi connectivity index (χ0n) is 12.7. The van der Waals surface area contributed by atoms with Crippen molar-refractivity contribution in [3.63, 3.8) is 0 Å². The zero-order chi connectivity index (χ0) is 13.8. The lowest BCUT2D eigenvalue weighted by molar-refractivity contribution is 0.241. The summed E-state index contributed by atoms with van der Waals surface area (Å²) in [5, 5.41) is 11.3. The molecule has 0 saturated heterocycles. The Balaban J connectivity index is 1.66. The van der Waals surface area contributed by atoms with Crippen LogP contribution in [0.25, 0.3) is 0 Å². The highest BCUT2D eigenvalue weighted by Crippen LogP contribution is 2.32. The molecule has 0 radical (unpaired) electrons. The van der Waals surface area contributed by atoms with Crippen molar-refractivity contribution in [1.29, 1.82) is 0 Å². The summed E-state index contributed by atoms with van der Waals surface area (Å²) in [6.45, 7) is 0. The van der Waals surface area contributed by atoms with E-state index in [1.54, 1.807) is 0 Å². The molecule has 0 aliphatic heterocycles. The van der Waals surface area contributed by atoms with Gasteiger partial charge in [-0.2, -0.15) is 5.10 Å². The minimum absolute atomic E-state index is 0.252. The van der Waals surface area contributed by atoms with Gasteiger partial charge < -0.3 is 5.32 Å². The molecule has 20 heavy (non-hydrogen) atoms. The molecule has 2 N–H and O–H groups in total. The van der Waals surface area contributed by atoms with E-state index in [0.29, 0.717) is 5.92 Å². The van der Waals surface area contributed by atoms with Gasteiger partial charge in [0.1, 0.15) is 5.82 Å². The van der Waals surface area contributed by atoms with E-state index >= 15 is 0 Å². The van der Waals surface area contributed by atoms with Crippen LogP contribution in [0.4, 0.5) is 0 Å². The Morgan fingerprint density at radius 1 is 1.10 bits per heavy atom. The number of aromatic nitrogens is 3. The number of hydrogen-bond acceptors (Lipinski definition) is 3. The Labute approximate surface area is 122 Å². The van der Waals surface area contributed by atoms with Crippen molar-refractivity contribution in [3.05, 3.63) is 11.6 Å². The molecule has 0 atom stereocenters. The minimum Gasteiger partial charge on any atom is -0.314 e. The first-order chi connectivity index (χ1) is 9.81. The maximum absolute atomic E-state index is 4.81. The molecule has 2 aliphatic carbocycles. The summed E-state index contributed by atoms with van der Waals surface area (Å²) in [4.78, 5) is 4.81. The smallest absolute Gasteiger partial charge is 0.153 e. The number of aromatic amines is 1. The van der Waals surface area contributed by atoms with Crippen molar-refractivity contribution in [2.24, 2.45) is 0 Å². The van der Waals surface area contributed by atoms with Crippen molar-refractivity contribution < 1.29 is 0 Å². The normalized spacial score (nSPS) is 23.9. The van der Waals surface area contributed by atoms with Crippen molar-refractivity contribution in [1.82, 2.24) is 20.5 Å². The molecule has 4 heteroatoms. The number of nitrogens with one attached hydrogen (secondary N) is 2. The van der Waals surface area contributed by atoms with Crippen LogP contribution in [0.2, 0.25) is 0 Å². The fraction of sp³-hybridized carbons (Fsp3) is 0.875. The topological polar surface area (TPSA) is 53.6 Å². The van der Waals surface area contributed by atoms with Gasteiger partial charge in [0.05, 0.1) is 0 Å². The molecular formula is C16H28N4. The molecule has 2 aliphatic rings. The Hall–Kier alpha value is -0.900. The lowest BCUT2D eigenvalue weighted by atomic mass is 9.79. The zero-order valence-corrected chi connectivity index (χ0v) is 12.7. The summed E-state index contributed by atoms with van der Waals surface area (Å²) in [5.74, 6) is 2.76. The Bertz CT molecular complexity index is 414. The molecule has 3 rings (SSSR count). The number of nitrogens with zero attached hydrogens (tertiary/aromatic N) is 2. The van der Waals surface area contributed by atoms with Crippen LogP contribution in [0, 0.1) is 0 Å². The van der Waals surface area contributed by atoms with Gasteiger partial charge in [-0.1, -0.05) is 38.5 Å². The number of likely N-dealkylation sites (N-methyl/N-ethyl adjacent to an activating group) is 1. The van der Waals surface area contributed by atoms with Gasteiger partial charge in [0.15, 0.2) is 5.82 Å². The highest BCUT2D eigenvalue weighted by atomic mass is 15.2. The molecule has 2 fully saturated rings. The van der Waals surface area contributed by atoms with Gasteiger partial charge in [0, 0.05) is 17.9 Å². The summed E-state index contributed by atoms with van der Waals surface area (Å²) in [5.41, 5.74) is 0.252. The highest BCUT2D eigenvalue weighted by molar-refractivity contribution is 5.04. The molecule has 112 valence electrons. The molecule has 0 unspecified atom stereocenters. The maximum atomic E-state index is 4.81. The first-order valence-electron chi connectivity index (χ1n) is 8.41. The van der Waals surface area contributed by atoms with E-state index in [-0.39, 0.29) is 5.54 Å². The van der Waals surface area contributed by atoms with E-state index in [9.17, 15) is 0 Å². The SMILES string of the molecule is CNC1(Cc2nc(C3CCCCC3)n[nH]2)CCCCC1. The molecule has 1 aromatic rings. The van der Waals surface area contributed by atoms with Crippen LogP contribution in [0.5, 0.6) is 0 Å². The van der Waals surface area contributed by atoms with Gasteiger partial charge in [-0.3, -0.25) is 5.10 Å². The van der Waals surface area contributed by atoms with Crippen LogP contribution in [0.1, 0.15) is 81.8 Å². The van der Waals surface area contributed by atoms with Gasteiger partial charge in [-0.05, 0) is 32.7 Å². The Kier molecular flexibility index (Phi) is 4.39. The van der Waals surface area contributed by atoms with E-state index in [1.165, 1.54) is 64.2 Å². The third-order valence-corrected chi connectivity index (χ3v) is 5.37. The Morgan fingerprint density at radius 2 is 1.80 bits per heavy atom. The standard InChI is InChI=1S/C16H28N4/c1-17-16(10-6-3-7-11-16)12-14-18-15(20-19-14)13-8-4-2-5-9-13/h13,17H,2-12H2,1H3,(H,18,19,20). The molecule has 2 saturated carbocycles. The summed E-state index contributed by atoms with van der Waals surface area (Å²) in [6, 6.07) is 0. The lowest BCUT2D eigenvalue weighted by Gasteiger charge is -2.36. The number of rotatable bonds is 4. The molecule has 0 bridgehead atoms. The predicted molar refractivity (Wildman–Crippen MR) is 80.8 cm³/mol. The van der Waals surface area contributed by atoms with Crippen LogP contribution < -0.4 is 5.32 Å². The average Bonchev–Trinajstić information content (AvgIpc) is 2.97. The summed E-state index contributed by atoms with van der Waals surface area (Å²) >= 11 is 0. The first-order valence-corrected chi connectivity index (χ1v) is 8.41.